The molecule has 0 spiro atoms. The maximum absolute atomic E-state index is 13.9. The normalized spacial score (nSPS) is 11.0. The van der Waals surface area contributed by atoms with Gasteiger partial charge in [-0.15, -0.1) is 0 Å². The van der Waals surface area contributed by atoms with Crippen LogP contribution in [0.3, 0.4) is 0 Å². The van der Waals surface area contributed by atoms with Gasteiger partial charge in [-0.2, -0.15) is 0 Å². The molecule has 0 aromatic heterocycles. The highest BCUT2D eigenvalue weighted by atomic mass is 32.2. The minimum absolute atomic E-state index is 0.0863. The second kappa shape index (κ2) is 9.05. The summed E-state index contributed by atoms with van der Waals surface area (Å²) < 4.78 is 52.1. The van der Waals surface area contributed by atoms with Gasteiger partial charge in [0, 0.05) is 17.3 Å². The highest BCUT2D eigenvalue weighted by molar-refractivity contribution is 7.92. The molecule has 0 atom stereocenters. The number of rotatable bonds is 7. The summed E-state index contributed by atoms with van der Waals surface area (Å²) in [5.41, 5.74) is 0.793. The first-order valence-electron chi connectivity index (χ1n) is 9.16. The van der Waals surface area contributed by atoms with E-state index in [1.54, 1.807) is 25.1 Å². The van der Waals surface area contributed by atoms with E-state index in [0.717, 1.165) is 6.07 Å². The molecule has 0 heterocycles. The van der Waals surface area contributed by atoms with Gasteiger partial charge in [0.1, 0.15) is 17.3 Å². The largest absolute Gasteiger partial charge is 0.497 e. The molecule has 0 bridgehead atoms. The van der Waals surface area contributed by atoms with Crippen molar-refractivity contribution in [2.24, 2.45) is 0 Å². The maximum atomic E-state index is 13.9. The minimum atomic E-state index is -4.09. The molecule has 0 unspecified atom stereocenters. The van der Waals surface area contributed by atoms with Crippen LogP contribution in [-0.4, -0.2) is 28.5 Å². The first kappa shape index (κ1) is 22.1. The van der Waals surface area contributed by atoms with Crippen molar-refractivity contribution in [3.63, 3.8) is 0 Å². The summed E-state index contributed by atoms with van der Waals surface area (Å²) in [5.74, 6) is -0.303. The molecule has 3 aromatic rings. The first-order chi connectivity index (χ1) is 14.7. The summed E-state index contributed by atoms with van der Waals surface area (Å²) in [6, 6.07) is 14.6. The molecule has 7 nitrogen and oxygen atoms in total. The van der Waals surface area contributed by atoms with Crippen molar-refractivity contribution >= 4 is 27.3 Å². The molecule has 0 aliphatic rings. The topological polar surface area (TPSA) is 93.7 Å². The Morgan fingerprint density at radius 2 is 1.58 bits per heavy atom. The van der Waals surface area contributed by atoms with Gasteiger partial charge in [-0.05, 0) is 48.9 Å². The van der Waals surface area contributed by atoms with Gasteiger partial charge >= 0.3 is 0 Å². The average Bonchev–Trinajstić information content (AvgIpc) is 2.76. The van der Waals surface area contributed by atoms with Crippen LogP contribution < -0.4 is 19.5 Å². The SMILES string of the molecule is COc1cc(OC)cc(C(=O)Nc2ccc(C)c(S(=O)(=O)Nc3ccccc3F)c2)c1. The Morgan fingerprint density at radius 3 is 2.19 bits per heavy atom. The van der Waals surface area contributed by atoms with E-state index < -0.39 is 21.7 Å². The Bertz CT molecular complexity index is 1210. The van der Waals surface area contributed by atoms with Crippen LogP contribution >= 0.6 is 0 Å². The van der Waals surface area contributed by atoms with Gasteiger partial charge in [0.2, 0.25) is 0 Å². The number of para-hydroxylation sites is 1. The van der Waals surface area contributed by atoms with Crippen LogP contribution in [0.4, 0.5) is 15.8 Å². The summed E-state index contributed by atoms with van der Waals surface area (Å²) >= 11 is 0. The van der Waals surface area contributed by atoms with Gasteiger partial charge in [-0.3, -0.25) is 9.52 Å². The first-order valence-corrected chi connectivity index (χ1v) is 10.6. The van der Waals surface area contributed by atoms with Crippen molar-refractivity contribution < 1.29 is 27.1 Å². The molecule has 0 radical (unpaired) electrons. The average molecular weight is 444 g/mol. The maximum Gasteiger partial charge on any atom is 0.262 e. The Balaban J connectivity index is 1.89. The van der Waals surface area contributed by atoms with Crippen LogP contribution in [0.1, 0.15) is 15.9 Å². The number of nitrogens with one attached hydrogen (secondary N) is 2. The Morgan fingerprint density at radius 1 is 0.935 bits per heavy atom. The highest BCUT2D eigenvalue weighted by Gasteiger charge is 2.20. The van der Waals surface area contributed by atoms with E-state index in [2.05, 4.69) is 10.0 Å². The third-order valence-electron chi connectivity index (χ3n) is 4.47. The zero-order valence-electron chi connectivity index (χ0n) is 17.1. The monoisotopic (exact) mass is 444 g/mol. The number of aryl methyl sites for hydroxylation is 1. The standard InChI is InChI=1S/C22H21FN2O5S/c1-14-8-9-16(24-22(26)15-10-17(29-2)13-18(11-15)30-3)12-21(14)31(27,28)25-20-7-5-4-6-19(20)23/h4-13,25H,1-3H3,(H,24,26). The molecule has 162 valence electrons. The Hall–Kier alpha value is -3.59. The summed E-state index contributed by atoms with van der Waals surface area (Å²) in [6.45, 7) is 1.61. The molecule has 0 saturated carbocycles. The van der Waals surface area contributed by atoms with E-state index in [9.17, 15) is 17.6 Å². The number of hydrogen-bond acceptors (Lipinski definition) is 5. The van der Waals surface area contributed by atoms with Crippen molar-refractivity contribution in [2.75, 3.05) is 24.3 Å². The lowest BCUT2D eigenvalue weighted by molar-refractivity contribution is 0.102. The molecule has 31 heavy (non-hydrogen) atoms. The predicted octanol–water partition coefficient (Wildman–Crippen LogP) is 4.20. The summed E-state index contributed by atoms with van der Waals surface area (Å²) in [7, 11) is -1.16. The second-order valence-corrected chi connectivity index (χ2v) is 8.27. The molecular weight excluding hydrogens is 423 g/mol. The number of methoxy groups -OCH3 is 2. The summed E-state index contributed by atoms with van der Waals surface area (Å²) in [4.78, 5) is 12.6. The Labute approximate surface area is 179 Å². The van der Waals surface area contributed by atoms with Crippen LogP contribution in [0, 0.1) is 12.7 Å². The number of sulfonamides is 1. The number of benzene rings is 3. The van der Waals surface area contributed by atoms with Gasteiger partial charge in [-0.1, -0.05) is 18.2 Å². The van der Waals surface area contributed by atoms with E-state index in [4.69, 9.17) is 9.47 Å². The smallest absolute Gasteiger partial charge is 0.262 e. The molecule has 0 fully saturated rings. The quantitative estimate of drug-likeness (QED) is 0.570. The van der Waals surface area contributed by atoms with Crippen molar-refractivity contribution in [1.29, 1.82) is 0 Å². The van der Waals surface area contributed by atoms with Gasteiger partial charge < -0.3 is 14.8 Å². The van der Waals surface area contributed by atoms with E-state index in [1.807, 2.05) is 0 Å². The van der Waals surface area contributed by atoms with E-state index in [0.29, 0.717) is 17.1 Å². The number of ether oxygens (including phenoxy) is 2. The van der Waals surface area contributed by atoms with E-state index in [1.165, 1.54) is 50.6 Å². The minimum Gasteiger partial charge on any atom is -0.497 e. The molecule has 3 aromatic carbocycles. The molecule has 1 amide bonds. The molecule has 0 saturated heterocycles. The van der Waals surface area contributed by atoms with Gasteiger partial charge in [-0.25, -0.2) is 12.8 Å². The molecule has 9 heteroatoms. The van der Waals surface area contributed by atoms with Crippen LogP contribution in [0.25, 0.3) is 0 Å². The predicted molar refractivity (Wildman–Crippen MR) is 116 cm³/mol. The van der Waals surface area contributed by atoms with E-state index in [-0.39, 0.29) is 21.8 Å². The lowest BCUT2D eigenvalue weighted by atomic mass is 10.1. The van der Waals surface area contributed by atoms with Gasteiger partial charge in [0.25, 0.3) is 15.9 Å². The van der Waals surface area contributed by atoms with Crippen molar-refractivity contribution in [3.8, 4) is 11.5 Å². The molecule has 3 rings (SSSR count). The van der Waals surface area contributed by atoms with Crippen LogP contribution in [-0.2, 0) is 10.0 Å². The summed E-state index contributed by atoms with van der Waals surface area (Å²) in [5, 5.41) is 2.66. The number of carbonyl (C=O) groups is 1. The molecular formula is C22H21FN2O5S. The molecule has 2 N–H and O–H groups in total. The number of anilines is 2. The number of hydrogen-bond donors (Lipinski definition) is 2. The van der Waals surface area contributed by atoms with Crippen LogP contribution in [0.15, 0.2) is 65.6 Å². The zero-order valence-corrected chi connectivity index (χ0v) is 17.9. The fourth-order valence-corrected chi connectivity index (χ4v) is 4.19. The van der Waals surface area contributed by atoms with E-state index >= 15 is 0 Å². The molecule has 0 aliphatic carbocycles. The van der Waals surface area contributed by atoms with Crippen molar-refractivity contribution in [1.82, 2.24) is 0 Å². The zero-order chi connectivity index (χ0) is 22.6. The number of amides is 1. The molecule has 0 aliphatic heterocycles. The number of halogens is 1. The second-order valence-electron chi connectivity index (χ2n) is 6.62. The Kier molecular flexibility index (Phi) is 6.45. The van der Waals surface area contributed by atoms with Crippen LogP contribution in [0.2, 0.25) is 0 Å². The van der Waals surface area contributed by atoms with Gasteiger partial charge in [0.15, 0.2) is 0 Å². The fourth-order valence-electron chi connectivity index (χ4n) is 2.85. The third-order valence-corrected chi connectivity index (χ3v) is 5.97. The summed E-state index contributed by atoms with van der Waals surface area (Å²) in [6.07, 6.45) is 0. The number of carbonyl (C=O) groups excluding carboxylic acids is 1. The lowest BCUT2D eigenvalue weighted by Gasteiger charge is -2.13. The van der Waals surface area contributed by atoms with Crippen molar-refractivity contribution in [2.45, 2.75) is 11.8 Å². The van der Waals surface area contributed by atoms with Crippen LogP contribution in [0.5, 0.6) is 11.5 Å². The van der Waals surface area contributed by atoms with Crippen molar-refractivity contribution in [3.05, 3.63) is 77.6 Å². The third kappa shape index (κ3) is 5.13. The highest BCUT2D eigenvalue weighted by Crippen LogP contribution is 2.26. The van der Waals surface area contributed by atoms with Gasteiger partial charge in [0.05, 0.1) is 24.8 Å². The fraction of sp³-hybridized carbons (Fsp3) is 0.136. The lowest BCUT2D eigenvalue weighted by Crippen LogP contribution is -2.17.